The van der Waals surface area contributed by atoms with E-state index in [1.54, 1.807) is 18.6 Å². The first-order chi connectivity index (χ1) is 12.9. The van der Waals surface area contributed by atoms with E-state index in [-0.39, 0.29) is 0 Å². The summed E-state index contributed by atoms with van der Waals surface area (Å²) in [6.45, 7) is 0. The molecule has 3 aromatic heterocycles. The first-order valence-electron chi connectivity index (χ1n) is 8.57. The molecule has 6 nitrogen and oxygen atoms in total. The summed E-state index contributed by atoms with van der Waals surface area (Å²) in [6, 6.07) is 11.4. The summed E-state index contributed by atoms with van der Waals surface area (Å²) in [5, 5.41) is 0. The van der Waals surface area contributed by atoms with Crippen molar-refractivity contribution in [3.63, 3.8) is 0 Å². The first-order valence-corrected chi connectivity index (χ1v) is 8.57. The molecule has 5 rings (SSSR count). The number of ether oxygens (including phenoxy) is 1. The van der Waals surface area contributed by atoms with Gasteiger partial charge in [0.1, 0.15) is 11.4 Å². The highest BCUT2D eigenvalue weighted by Gasteiger charge is 2.22. The predicted molar refractivity (Wildman–Crippen MR) is 96.9 cm³/mol. The van der Waals surface area contributed by atoms with E-state index in [1.807, 2.05) is 36.4 Å². The summed E-state index contributed by atoms with van der Waals surface area (Å²) >= 11 is 0. The third-order valence-corrected chi connectivity index (χ3v) is 4.44. The number of aromatic nitrogens is 5. The topological polar surface area (TPSA) is 73.7 Å². The summed E-state index contributed by atoms with van der Waals surface area (Å²) in [5.74, 6) is 1.90. The summed E-state index contributed by atoms with van der Waals surface area (Å²) in [6.07, 6.45) is 8.04. The maximum absolute atomic E-state index is 6.14. The van der Waals surface area contributed by atoms with Crippen LogP contribution in [0.4, 0.5) is 0 Å². The van der Waals surface area contributed by atoms with E-state index in [0.29, 0.717) is 17.5 Å². The van der Waals surface area contributed by atoms with Crippen LogP contribution in [0.25, 0.3) is 22.6 Å². The van der Waals surface area contributed by atoms with Crippen LogP contribution in [0.1, 0.15) is 17.7 Å². The highest BCUT2D eigenvalue weighted by molar-refractivity contribution is 5.75. The molecule has 6 heteroatoms. The molecule has 26 heavy (non-hydrogen) atoms. The molecule has 126 valence electrons. The zero-order chi connectivity index (χ0) is 17.3. The molecule has 0 saturated heterocycles. The van der Waals surface area contributed by atoms with Crippen LogP contribution < -0.4 is 4.74 Å². The lowest BCUT2D eigenvalue weighted by molar-refractivity contribution is 0.456. The minimum absolute atomic E-state index is 0.599. The van der Waals surface area contributed by atoms with Crippen LogP contribution in [0.5, 0.6) is 11.6 Å². The van der Waals surface area contributed by atoms with Crippen LogP contribution in [-0.2, 0) is 12.8 Å². The van der Waals surface area contributed by atoms with Gasteiger partial charge < -0.3 is 4.74 Å². The lowest BCUT2D eigenvalue weighted by Crippen LogP contribution is -2.01. The predicted octanol–water partition coefficient (Wildman–Crippen LogP) is 3.76. The number of benzene rings is 1. The van der Waals surface area contributed by atoms with Gasteiger partial charge in [0, 0.05) is 30.2 Å². The smallest absolute Gasteiger partial charge is 0.226 e. The van der Waals surface area contributed by atoms with Gasteiger partial charge in [0.05, 0.1) is 16.7 Å². The maximum Gasteiger partial charge on any atom is 0.226 e. The summed E-state index contributed by atoms with van der Waals surface area (Å²) in [4.78, 5) is 22.3. The molecule has 0 N–H and O–H groups in total. The van der Waals surface area contributed by atoms with Crippen LogP contribution in [0, 0.1) is 0 Å². The number of pyridine rings is 1. The number of hydrogen-bond acceptors (Lipinski definition) is 6. The minimum atomic E-state index is 0.599. The second-order valence-electron chi connectivity index (χ2n) is 6.16. The van der Waals surface area contributed by atoms with Crippen molar-refractivity contribution in [2.75, 3.05) is 0 Å². The van der Waals surface area contributed by atoms with Crippen molar-refractivity contribution in [3.8, 4) is 23.1 Å². The molecule has 1 aromatic carbocycles. The van der Waals surface area contributed by atoms with Crippen LogP contribution in [0.2, 0.25) is 0 Å². The standard InChI is InChI=1S/C20H15N5O/c1-2-9-21-17(5-1)19-24-15-6-3-4-14(15)20(25-19)26-13-7-8-16-18(12-13)23-11-10-22-16/h1-2,5,7-12H,3-4,6H2. The molecular formula is C20H15N5O. The Morgan fingerprint density at radius 1 is 0.808 bits per heavy atom. The van der Waals surface area contributed by atoms with E-state index >= 15 is 0 Å². The Morgan fingerprint density at radius 2 is 1.73 bits per heavy atom. The Morgan fingerprint density at radius 3 is 2.62 bits per heavy atom. The van der Waals surface area contributed by atoms with Crippen LogP contribution >= 0.6 is 0 Å². The van der Waals surface area contributed by atoms with Gasteiger partial charge in [0.15, 0.2) is 5.82 Å². The minimum Gasteiger partial charge on any atom is -0.439 e. The highest BCUT2D eigenvalue weighted by Crippen LogP contribution is 2.33. The van der Waals surface area contributed by atoms with Gasteiger partial charge in [-0.15, -0.1) is 0 Å². The van der Waals surface area contributed by atoms with E-state index in [0.717, 1.165) is 47.2 Å². The summed E-state index contributed by atoms with van der Waals surface area (Å²) in [7, 11) is 0. The molecule has 0 amide bonds. The Hall–Kier alpha value is -3.41. The van der Waals surface area contributed by atoms with Gasteiger partial charge in [-0.3, -0.25) is 15.0 Å². The zero-order valence-corrected chi connectivity index (χ0v) is 14.0. The number of nitrogens with zero attached hydrogens (tertiary/aromatic N) is 5. The van der Waals surface area contributed by atoms with Crippen LogP contribution in [0.3, 0.4) is 0 Å². The Balaban J connectivity index is 1.58. The second-order valence-corrected chi connectivity index (χ2v) is 6.16. The largest absolute Gasteiger partial charge is 0.439 e. The molecule has 4 aromatic rings. The lowest BCUT2D eigenvalue weighted by Gasteiger charge is -2.11. The van der Waals surface area contributed by atoms with Crippen LogP contribution in [0.15, 0.2) is 55.0 Å². The lowest BCUT2D eigenvalue weighted by atomic mass is 10.2. The molecule has 0 bridgehead atoms. The molecule has 0 radical (unpaired) electrons. The summed E-state index contributed by atoms with van der Waals surface area (Å²) < 4.78 is 6.14. The van der Waals surface area contributed by atoms with Crippen molar-refractivity contribution in [3.05, 3.63) is 66.2 Å². The molecule has 0 saturated carbocycles. The van der Waals surface area contributed by atoms with E-state index in [2.05, 4.69) is 19.9 Å². The first kappa shape index (κ1) is 14.9. The quantitative estimate of drug-likeness (QED) is 0.565. The van der Waals surface area contributed by atoms with E-state index in [4.69, 9.17) is 9.72 Å². The third-order valence-electron chi connectivity index (χ3n) is 4.44. The number of fused-ring (bicyclic) bond motifs is 2. The maximum atomic E-state index is 6.14. The van der Waals surface area contributed by atoms with Crippen molar-refractivity contribution in [1.29, 1.82) is 0 Å². The third kappa shape index (κ3) is 2.65. The van der Waals surface area contributed by atoms with Gasteiger partial charge in [-0.25, -0.2) is 4.98 Å². The number of rotatable bonds is 3. The summed E-state index contributed by atoms with van der Waals surface area (Å²) in [5.41, 5.74) is 4.51. The molecule has 0 atom stereocenters. The van der Waals surface area contributed by atoms with Gasteiger partial charge in [0.2, 0.25) is 5.88 Å². The van der Waals surface area contributed by atoms with Crippen molar-refractivity contribution >= 4 is 11.0 Å². The average molecular weight is 341 g/mol. The van der Waals surface area contributed by atoms with Crippen molar-refractivity contribution in [2.45, 2.75) is 19.3 Å². The monoisotopic (exact) mass is 341 g/mol. The van der Waals surface area contributed by atoms with Gasteiger partial charge in [0.25, 0.3) is 0 Å². The zero-order valence-electron chi connectivity index (χ0n) is 14.0. The fourth-order valence-corrected chi connectivity index (χ4v) is 3.21. The van der Waals surface area contributed by atoms with Gasteiger partial charge in [-0.2, -0.15) is 4.98 Å². The Kier molecular flexibility index (Phi) is 3.52. The normalized spacial score (nSPS) is 12.9. The molecule has 0 unspecified atom stereocenters. The average Bonchev–Trinajstić information content (AvgIpc) is 3.18. The van der Waals surface area contributed by atoms with Crippen molar-refractivity contribution < 1.29 is 4.74 Å². The fraction of sp³-hybridized carbons (Fsp3) is 0.150. The SMILES string of the molecule is c1ccc(-c2nc3c(c(Oc4ccc5nccnc5c4)n2)CCC3)nc1. The number of aryl methyl sites for hydroxylation is 1. The van der Waals surface area contributed by atoms with E-state index in [1.165, 1.54) is 0 Å². The van der Waals surface area contributed by atoms with Crippen LogP contribution in [-0.4, -0.2) is 24.9 Å². The molecule has 0 spiro atoms. The molecular weight excluding hydrogens is 326 g/mol. The molecule has 0 aliphatic heterocycles. The fourth-order valence-electron chi connectivity index (χ4n) is 3.21. The van der Waals surface area contributed by atoms with E-state index in [9.17, 15) is 0 Å². The number of hydrogen-bond donors (Lipinski definition) is 0. The van der Waals surface area contributed by atoms with Gasteiger partial charge in [-0.1, -0.05) is 6.07 Å². The van der Waals surface area contributed by atoms with Gasteiger partial charge in [-0.05, 0) is 43.5 Å². The Bertz CT molecular complexity index is 1100. The molecule has 1 aliphatic carbocycles. The molecule has 0 fully saturated rings. The van der Waals surface area contributed by atoms with Gasteiger partial charge >= 0.3 is 0 Å². The van der Waals surface area contributed by atoms with Crippen molar-refractivity contribution in [1.82, 2.24) is 24.9 Å². The van der Waals surface area contributed by atoms with E-state index < -0.39 is 0 Å². The molecule has 1 aliphatic rings. The second kappa shape index (κ2) is 6.15. The molecule has 3 heterocycles. The Labute approximate surface area is 150 Å². The van der Waals surface area contributed by atoms with Crippen molar-refractivity contribution in [2.24, 2.45) is 0 Å². The highest BCUT2D eigenvalue weighted by atomic mass is 16.5.